The maximum atomic E-state index is 9.51. The van der Waals surface area contributed by atoms with E-state index in [4.69, 9.17) is 9.84 Å². The lowest BCUT2D eigenvalue weighted by Gasteiger charge is -2.45. The van der Waals surface area contributed by atoms with Gasteiger partial charge >= 0.3 is 0 Å². The highest BCUT2D eigenvalue weighted by molar-refractivity contribution is 4.96. The number of aliphatic hydroxyl groups is 6. The SMILES string of the molecule is C[C@]1(O)OC([C@H](O)CO)[C@@H](O)[C@H](O)C1O. The summed E-state index contributed by atoms with van der Waals surface area (Å²) in [6, 6.07) is 0. The van der Waals surface area contributed by atoms with Gasteiger partial charge in [-0.15, -0.1) is 0 Å². The Morgan fingerprint density at radius 3 is 2.27 bits per heavy atom. The van der Waals surface area contributed by atoms with Crippen molar-refractivity contribution in [3.05, 3.63) is 0 Å². The molecule has 1 rings (SSSR count). The summed E-state index contributed by atoms with van der Waals surface area (Å²) in [6.07, 6.45) is -7.73. The fourth-order valence-corrected chi connectivity index (χ4v) is 1.52. The lowest BCUT2D eigenvalue weighted by Crippen LogP contribution is -2.65. The average molecular weight is 224 g/mol. The molecule has 7 heteroatoms. The molecule has 1 aliphatic rings. The zero-order valence-corrected chi connectivity index (χ0v) is 8.19. The molecule has 7 nitrogen and oxygen atoms in total. The van der Waals surface area contributed by atoms with Crippen LogP contribution in [0.15, 0.2) is 0 Å². The Morgan fingerprint density at radius 2 is 1.80 bits per heavy atom. The maximum Gasteiger partial charge on any atom is 0.192 e. The van der Waals surface area contributed by atoms with Crippen LogP contribution in [0.3, 0.4) is 0 Å². The summed E-state index contributed by atoms with van der Waals surface area (Å²) in [5, 5.41) is 55.5. The van der Waals surface area contributed by atoms with Crippen molar-refractivity contribution in [3.63, 3.8) is 0 Å². The average Bonchev–Trinajstić information content (AvgIpc) is 2.19. The van der Waals surface area contributed by atoms with Crippen molar-refractivity contribution in [2.75, 3.05) is 6.61 Å². The van der Waals surface area contributed by atoms with E-state index in [0.29, 0.717) is 0 Å². The zero-order valence-electron chi connectivity index (χ0n) is 8.19. The van der Waals surface area contributed by atoms with Crippen LogP contribution in [0.2, 0.25) is 0 Å². The monoisotopic (exact) mass is 224 g/mol. The van der Waals surface area contributed by atoms with Gasteiger partial charge in [0.2, 0.25) is 0 Å². The molecule has 6 N–H and O–H groups in total. The molecule has 1 aliphatic heterocycles. The molecule has 0 radical (unpaired) electrons. The summed E-state index contributed by atoms with van der Waals surface area (Å²) in [7, 11) is 0. The smallest absolute Gasteiger partial charge is 0.192 e. The Labute approximate surface area is 86.2 Å². The molecule has 2 unspecified atom stereocenters. The molecule has 0 amide bonds. The van der Waals surface area contributed by atoms with Crippen LogP contribution in [0.5, 0.6) is 0 Å². The van der Waals surface area contributed by atoms with Crippen LogP contribution in [0.25, 0.3) is 0 Å². The highest BCUT2D eigenvalue weighted by Gasteiger charge is 2.51. The van der Waals surface area contributed by atoms with Gasteiger partial charge in [0.15, 0.2) is 5.79 Å². The Bertz CT molecular complexity index is 219. The van der Waals surface area contributed by atoms with Crippen LogP contribution in [0.4, 0.5) is 0 Å². The molecule has 0 aliphatic carbocycles. The third-order valence-corrected chi connectivity index (χ3v) is 2.50. The molecule has 90 valence electrons. The molecule has 1 heterocycles. The van der Waals surface area contributed by atoms with E-state index in [-0.39, 0.29) is 0 Å². The number of hydrogen-bond donors (Lipinski definition) is 6. The number of hydrogen-bond acceptors (Lipinski definition) is 7. The molecular formula is C8H16O7. The lowest BCUT2D eigenvalue weighted by molar-refractivity contribution is -0.350. The van der Waals surface area contributed by atoms with E-state index in [1.807, 2.05) is 0 Å². The van der Waals surface area contributed by atoms with E-state index in [1.165, 1.54) is 0 Å². The molecule has 0 aromatic heterocycles. The van der Waals surface area contributed by atoms with Gasteiger partial charge in [-0.1, -0.05) is 0 Å². The summed E-state index contributed by atoms with van der Waals surface area (Å²) < 4.78 is 4.81. The zero-order chi connectivity index (χ0) is 11.8. The molecule has 6 atom stereocenters. The second kappa shape index (κ2) is 4.30. The van der Waals surface area contributed by atoms with Crippen molar-refractivity contribution in [2.24, 2.45) is 0 Å². The molecular weight excluding hydrogens is 208 g/mol. The summed E-state index contributed by atoms with van der Waals surface area (Å²) in [6.45, 7) is 0.393. The van der Waals surface area contributed by atoms with Gasteiger partial charge in [0.25, 0.3) is 0 Å². The van der Waals surface area contributed by atoms with Gasteiger partial charge in [-0.2, -0.15) is 0 Å². The van der Waals surface area contributed by atoms with Crippen LogP contribution >= 0.6 is 0 Å². The third-order valence-electron chi connectivity index (χ3n) is 2.50. The second-order valence-electron chi connectivity index (χ2n) is 3.81. The Morgan fingerprint density at radius 1 is 1.27 bits per heavy atom. The van der Waals surface area contributed by atoms with Crippen LogP contribution in [-0.4, -0.2) is 73.6 Å². The summed E-state index contributed by atoms with van der Waals surface area (Å²) in [5.41, 5.74) is 0. The molecule has 1 fully saturated rings. The quantitative estimate of drug-likeness (QED) is 0.287. The fraction of sp³-hybridized carbons (Fsp3) is 1.00. The van der Waals surface area contributed by atoms with E-state index in [1.54, 1.807) is 0 Å². The first-order valence-corrected chi connectivity index (χ1v) is 4.54. The van der Waals surface area contributed by atoms with Crippen LogP contribution < -0.4 is 0 Å². The minimum absolute atomic E-state index is 0.694. The standard InChI is InChI=1S/C8H16O7/c1-8(14)7(13)5(12)4(11)6(15-8)3(10)2-9/h3-7,9-14H,2H2,1H3/t3-,4+,5+,6?,7?,8+/m1/s1. The van der Waals surface area contributed by atoms with Gasteiger partial charge in [-0.25, -0.2) is 0 Å². The highest BCUT2D eigenvalue weighted by Crippen LogP contribution is 2.29. The largest absolute Gasteiger partial charge is 0.394 e. The lowest BCUT2D eigenvalue weighted by atomic mass is 9.91. The van der Waals surface area contributed by atoms with E-state index in [9.17, 15) is 25.5 Å². The van der Waals surface area contributed by atoms with Crippen molar-refractivity contribution in [2.45, 2.75) is 43.2 Å². The molecule has 0 aromatic rings. The molecule has 0 bridgehead atoms. The highest BCUT2D eigenvalue weighted by atomic mass is 16.7. The first-order valence-electron chi connectivity index (χ1n) is 4.54. The van der Waals surface area contributed by atoms with Crippen LogP contribution in [0.1, 0.15) is 6.92 Å². The van der Waals surface area contributed by atoms with Gasteiger partial charge in [-0.3, -0.25) is 0 Å². The van der Waals surface area contributed by atoms with Crippen LogP contribution in [-0.2, 0) is 4.74 Å². The Kier molecular flexibility index (Phi) is 3.67. The van der Waals surface area contributed by atoms with E-state index >= 15 is 0 Å². The van der Waals surface area contributed by atoms with Crippen molar-refractivity contribution in [1.29, 1.82) is 0 Å². The number of ether oxygens (including phenoxy) is 1. The van der Waals surface area contributed by atoms with Crippen molar-refractivity contribution in [3.8, 4) is 0 Å². The number of aliphatic hydroxyl groups excluding tert-OH is 5. The number of rotatable bonds is 2. The Hall–Kier alpha value is -0.280. The molecule has 1 saturated heterocycles. The summed E-state index contributed by atoms with van der Waals surface area (Å²) in [4.78, 5) is 0. The van der Waals surface area contributed by atoms with Crippen molar-refractivity contribution in [1.82, 2.24) is 0 Å². The van der Waals surface area contributed by atoms with Gasteiger partial charge in [-0.05, 0) is 6.92 Å². The minimum Gasteiger partial charge on any atom is -0.394 e. The predicted octanol–water partition coefficient (Wildman–Crippen LogP) is -3.47. The van der Waals surface area contributed by atoms with Crippen molar-refractivity contribution >= 4 is 0 Å². The summed E-state index contributed by atoms with van der Waals surface area (Å²) >= 11 is 0. The van der Waals surface area contributed by atoms with Crippen LogP contribution in [0, 0.1) is 0 Å². The fourth-order valence-electron chi connectivity index (χ4n) is 1.52. The van der Waals surface area contributed by atoms with Gasteiger partial charge in [0, 0.05) is 0 Å². The molecule has 0 aromatic carbocycles. The minimum atomic E-state index is -2.08. The maximum absolute atomic E-state index is 9.51. The first kappa shape index (κ1) is 12.8. The molecule has 0 spiro atoms. The topological polar surface area (TPSA) is 131 Å². The predicted molar refractivity (Wildman–Crippen MR) is 46.6 cm³/mol. The van der Waals surface area contributed by atoms with Gasteiger partial charge in [0.1, 0.15) is 30.5 Å². The van der Waals surface area contributed by atoms with E-state index in [2.05, 4.69) is 0 Å². The second-order valence-corrected chi connectivity index (χ2v) is 3.81. The normalized spacial score (nSPS) is 49.0. The van der Waals surface area contributed by atoms with E-state index in [0.717, 1.165) is 6.92 Å². The van der Waals surface area contributed by atoms with Crippen molar-refractivity contribution < 1.29 is 35.4 Å². The first-order chi connectivity index (χ1) is 6.81. The third kappa shape index (κ3) is 2.28. The van der Waals surface area contributed by atoms with E-state index < -0.39 is 42.9 Å². The molecule has 0 saturated carbocycles. The Balaban J connectivity index is 2.84. The molecule has 15 heavy (non-hydrogen) atoms. The van der Waals surface area contributed by atoms with Gasteiger partial charge in [0.05, 0.1) is 6.61 Å². The van der Waals surface area contributed by atoms with Gasteiger partial charge < -0.3 is 35.4 Å². The summed E-state index contributed by atoms with van der Waals surface area (Å²) in [5.74, 6) is -2.08.